The van der Waals surface area contributed by atoms with Crippen molar-refractivity contribution in [3.8, 4) is 0 Å². The molecule has 0 aliphatic rings. The molecule has 1 heterocycles. The van der Waals surface area contributed by atoms with Gasteiger partial charge >= 0.3 is 5.97 Å². The normalized spacial score (nSPS) is 12.2. The first-order valence-corrected chi connectivity index (χ1v) is 7.41. The van der Waals surface area contributed by atoms with Gasteiger partial charge in [-0.1, -0.05) is 43.7 Å². The third-order valence-corrected chi connectivity index (χ3v) is 3.50. The van der Waals surface area contributed by atoms with E-state index in [1.165, 1.54) is 6.39 Å². The van der Waals surface area contributed by atoms with Crippen LogP contribution in [-0.2, 0) is 4.79 Å². The van der Waals surface area contributed by atoms with Crippen molar-refractivity contribution in [3.63, 3.8) is 0 Å². The molecule has 0 bridgehead atoms. The van der Waals surface area contributed by atoms with Gasteiger partial charge in [-0.05, 0) is 12.5 Å². The topological polar surface area (TPSA) is 92.4 Å². The van der Waals surface area contributed by atoms with Crippen LogP contribution in [0.3, 0.4) is 0 Å². The Kier molecular flexibility index (Phi) is 5.16. The van der Waals surface area contributed by atoms with Gasteiger partial charge in [-0.15, -0.1) is 0 Å². The number of carboxylic acids is 1. The number of amides is 1. The molecule has 122 valence electrons. The lowest BCUT2D eigenvalue weighted by Gasteiger charge is -2.17. The van der Waals surface area contributed by atoms with Gasteiger partial charge in [0, 0.05) is 5.92 Å². The third-order valence-electron chi connectivity index (χ3n) is 3.50. The maximum atomic E-state index is 12.4. The van der Waals surface area contributed by atoms with Crippen LogP contribution in [0, 0.1) is 6.92 Å². The molecule has 0 aliphatic heterocycles. The van der Waals surface area contributed by atoms with Crippen molar-refractivity contribution >= 4 is 11.9 Å². The summed E-state index contributed by atoms with van der Waals surface area (Å²) in [5.41, 5.74) is 2.00. The van der Waals surface area contributed by atoms with E-state index in [4.69, 9.17) is 9.52 Å². The average molecular weight is 316 g/mol. The van der Waals surface area contributed by atoms with E-state index in [9.17, 15) is 9.59 Å². The number of carbonyl (C=O) groups is 2. The summed E-state index contributed by atoms with van der Waals surface area (Å²) in [4.78, 5) is 27.5. The number of hydrogen-bond acceptors (Lipinski definition) is 4. The lowest BCUT2D eigenvalue weighted by Crippen LogP contribution is -2.31. The van der Waals surface area contributed by atoms with Crippen molar-refractivity contribution in [2.24, 2.45) is 0 Å². The van der Waals surface area contributed by atoms with E-state index in [0.29, 0.717) is 5.76 Å². The fourth-order valence-corrected chi connectivity index (χ4v) is 2.29. The molecule has 0 spiro atoms. The maximum absolute atomic E-state index is 12.4. The van der Waals surface area contributed by atoms with Crippen molar-refractivity contribution in [2.45, 2.75) is 39.2 Å². The highest BCUT2D eigenvalue weighted by molar-refractivity contribution is 5.93. The van der Waals surface area contributed by atoms with Gasteiger partial charge in [-0.2, -0.15) is 0 Å². The number of aryl methyl sites for hydroxylation is 1. The molecule has 0 unspecified atom stereocenters. The van der Waals surface area contributed by atoms with E-state index in [2.05, 4.69) is 10.3 Å². The van der Waals surface area contributed by atoms with Gasteiger partial charge in [0.1, 0.15) is 5.76 Å². The monoisotopic (exact) mass is 316 g/mol. The van der Waals surface area contributed by atoms with E-state index < -0.39 is 17.9 Å². The largest absolute Gasteiger partial charge is 0.481 e. The van der Waals surface area contributed by atoms with Crippen LogP contribution in [0.4, 0.5) is 0 Å². The second kappa shape index (κ2) is 7.09. The summed E-state index contributed by atoms with van der Waals surface area (Å²) < 4.78 is 5.24. The molecule has 6 heteroatoms. The molecule has 0 fully saturated rings. The Morgan fingerprint density at radius 2 is 1.91 bits per heavy atom. The molecule has 2 rings (SSSR count). The smallest absolute Gasteiger partial charge is 0.305 e. The zero-order valence-corrected chi connectivity index (χ0v) is 13.4. The van der Waals surface area contributed by atoms with Gasteiger partial charge in [0.05, 0.1) is 12.5 Å². The highest BCUT2D eigenvalue weighted by Crippen LogP contribution is 2.21. The zero-order valence-electron chi connectivity index (χ0n) is 13.4. The summed E-state index contributed by atoms with van der Waals surface area (Å²) in [6.07, 6.45) is 1.02. The Morgan fingerprint density at radius 1 is 1.26 bits per heavy atom. The number of nitrogens with zero attached hydrogens (tertiary/aromatic N) is 1. The third kappa shape index (κ3) is 4.18. The molecular weight excluding hydrogens is 296 g/mol. The number of carbonyl (C=O) groups excluding carboxylic acids is 1. The summed E-state index contributed by atoms with van der Waals surface area (Å²) in [6.45, 7) is 5.73. The van der Waals surface area contributed by atoms with Crippen molar-refractivity contribution in [2.75, 3.05) is 0 Å². The Labute approximate surface area is 134 Å². The van der Waals surface area contributed by atoms with Crippen molar-refractivity contribution in [3.05, 3.63) is 53.2 Å². The lowest BCUT2D eigenvalue weighted by atomic mass is 10.0. The average Bonchev–Trinajstić information content (AvgIpc) is 2.96. The van der Waals surface area contributed by atoms with E-state index in [1.807, 2.05) is 45.0 Å². The fourth-order valence-electron chi connectivity index (χ4n) is 2.29. The summed E-state index contributed by atoms with van der Waals surface area (Å²) in [5, 5.41) is 11.8. The molecule has 0 aliphatic carbocycles. The molecule has 1 atom stereocenters. The minimum atomic E-state index is -0.986. The van der Waals surface area contributed by atoms with Crippen LogP contribution in [0.25, 0.3) is 0 Å². The first-order valence-electron chi connectivity index (χ1n) is 7.41. The van der Waals surface area contributed by atoms with Crippen LogP contribution in [0.5, 0.6) is 0 Å². The minimum absolute atomic E-state index is 0.00977. The number of hydrogen-bond donors (Lipinski definition) is 2. The van der Waals surface area contributed by atoms with Gasteiger partial charge in [0.25, 0.3) is 5.91 Å². The number of aliphatic carboxylic acids is 1. The van der Waals surface area contributed by atoms with Crippen LogP contribution < -0.4 is 5.32 Å². The number of nitrogens with one attached hydrogen (secondary N) is 1. The summed E-state index contributed by atoms with van der Waals surface area (Å²) in [7, 11) is 0. The van der Waals surface area contributed by atoms with Crippen LogP contribution in [0.2, 0.25) is 0 Å². The number of oxazole rings is 1. The molecule has 1 aromatic carbocycles. The first kappa shape index (κ1) is 16.7. The Bertz CT molecular complexity index is 689. The van der Waals surface area contributed by atoms with E-state index in [1.54, 1.807) is 0 Å². The quantitative estimate of drug-likeness (QED) is 0.854. The molecule has 0 radical (unpaired) electrons. The molecule has 23 heavy (non-hydrogen) atoms. The van der Waals surface area contributed by atoms with Gasteiger partial charge in [0.2, 0.25) is 0 Å². The zero-order chi connectivity index (χ0) is 17.0. The van der Waals surface area contributed by atoms with Gasteiger partial charge < -0.3 is 14.8 Å². The van der Waals surface area contributed by atoms with Crippen molar-refractivity contribution in [1.82, 2.24) is 10.3 Å². The van der Waals surface area contributed by atoms with Gasteiger partial charge in [-0.3, -0.25) is 9.59 Å². The number of carboxylic acid groups (broad SMARTS) is 1. The maximum Gasteiger partial charge on any atom is 0.305 e. The second-order valence-electron chi connectivity index (χ2n) is 5.75. The predicted molar refractivity (Wildman–Crippen MR) is 84.2 cm³/mol. The van der Waals surface area contributed by atoms with Crippen LogP contribution in [0.15, 0.2) is 35.1 Å². The molecule has 2 N–H and O–H groups in total. The Balaban J connectivity index is 2.23. The second-order valence-corrected chi connectivity index (χ2v) is 5.75. The standard InChI is InChI=1S/C17H20N2O4/c1-10(2)16-15(18-9-23-16)17(22)19-13(8-14(20)21)12-6-4-11(3)5-7-12/h4-7,9-10,13H,8H2,1-3H3,(H,19,22)(H,20,21)/t13-/m1/s1. The highest BCUT2D eigenvalue weighted by atomic mass is 16.4. The molecule has 6 nitrogen and oxygen atoms in total. The highest BCUT2D eigenvalue weighted by Gasteiger charge is 2.24. The molecule has 2 aromatic rings. The molecular formula is C17H20N2O4. The SMILES string of the molecule is Cc1ccc([C@@H](CC(=O)O)NC(=O)c2ncoc2C(C)C)cc1. The van der Waals surface area contributed by atoms with Gasteiger partial charge in [0.15, 0.2) is 12.1 Å². The molecule has 1 aromatic heterocycles. The Morgan fingerprint density at radius 3 is 2.48 bits per heavy atom. The molecule has 1 amide bonds. The Hall–Kier alpha value is -2.63. The van der Waals surface area contributed by atoms with E-state index >= 15 is 0 Å². The van der Waals surface area contributed by atoms with Crippen LogP contribution in [-0.4, -0.2) is 22.0 Å². The summed E-state index contributed by atoms with van der Waals surface area (Å²) in [6, 6.07) is 6.76. The predicted octanol–water partition coefficient (Wildman–Crippen LogP) is 3.05. The van der Waals surface area contributed by atoms with Gasteiger partial charge in [-0.25, -0.2) is 4.98 Å². The van der Waals surface area contributed by atoms with E-state index in [-0.39, 0.29) is 18.0 Å². The lowest BCUT2D eigenvalue weighted by molar-refractivity contribution is -0.137. The van der Waals surface area contributed by atoms with Crippen molar-refractivity contribution in [1.29, 1.82) is 0 Å². The molecule has 0 saturated carbocycles. The van der Waals surface area contributed by atoms with Crippen LogP contribution in [0.1, 0.15) is 59.6 Å². The molecule has 0 saturated heterocycles. The van der Waals surface area contributed by atoms with Crippen LogP contribution >= 0.6 is 0 Å². The van der Waals surface area contributed by atoms with Crippen molar-refractivity contribution < 1.29 is 19.1 Å². The number of benzene rings is 1. The summed E-state index contributed by atoms with van der Waals surface area (Å²) >= 11 is 0. The number of rotatable bonds is 6. The fraction of sp³-hybridized carbons (Fsp3) is 0.353. The first-order chi connectivity index (χ1) is 10.9. The van der Waals surface area contributed by atoms with E-state index in [0.717, 1.165) is 11.1 Å². The number of aromatic nitrogens is 1. The summed E-state index contributed by atoms with van der Waals surface area (Å²) in [5.74, 6) is -0.926. The minimum Gasteiger partial charge on any atom is -0.481 e.